The number of anilines is 3. The van der Waals surface area contributed by atoms with Crippen LogP contribution in [0.3, 0.4) is 0 Å². The van der Waals surface area contributed by atoms with E-state index in [9.17, 15) is 14.0 Å². The number of carbonyl (C=O) groups excluding carboxylic acids is 2. The lowest BCUT2D eigenvalue weighted by Crippen LogP contribution is -2.44. The molecule has 1 aromatic heterocycles. The largest absolute Gasteiger partial charge is 0.368 e. The van der Waals surface area contributed by atoms with Gasteiger partial charge in [-0.05, 0) is 42.7 Å². The summed E-state index contributed by atoms with van der Waals surface area (Å²) in [5.74, 6) is -2.13. The first-order chi connectivity index (χ1) is 13.1. The van der Waals surface area contributed by atoms with Crippen molar-refractivity contribution >= 4 is 40.7 Å². The fourth-order valence-corrected chi connectivity index (χ4v) is 2.86. The number of carbonyl (C=O) groups is 2. The van der Waals surface area contributed by atoms with Gasteiger partial charge in [0.25, 0.3) is 5.91 Å². The van der Waals surface area contributed by atoms with Gasteiger partial charge in [-0.3, -0.25) is 9.59 Å². The van der Waals surface area contributed by atoms with E-state index in [0.29, 0.717) is 17.1 Å². The minimum absolute atomic E-state index is 0.0610. The van der Waals surface area contributed by atoms with E-state index in [-0.39, 0.29) is 23.1 Å². The smallest absolute Gasteiger partial charge is 0.252 e. The number of aromatic nitrogens is 1. The molecule has 0 aliphatic rings. The number of hydrogen-bond donors (Lipinski definition) is 3. The number of amides is 2. The van der Waals surface area contributed by atoms with Crippen molar-refractivity contribution in [3.63, 3.8) is 0 Å². The molecular weight excluding hydrogens is 385 g/mol. The Morgan fingerprint density at radius 2 is 1.86 bits per heavy atom. The van der Waals surface area contributed by atoms with E-state index >= 15 is 0 Å². The highest BCUT2D eigenvalue weighted by atomic mass is 35.5. The Morgan fingerprint density at radius 1 is 1.25 bits per heavy atom. The molecule has 0 radical (unpaired) electrons. The average Bonchev–Trinajstić information content (AvgIpc) is 2.61. The minimum atomic E-state index is -0.842. The van der Waals surface area contributed by atoms with Gasteiger partial charge in [0.05, 0.1) is 5.56 Å². The average molecular weight is 408 g/mol. The van der Waals surface area contributed by atoms with Crippen LogP contribution in [0.2, 0.25) is 5.02 Å². The van der Waals surface area contributed by atoms with Crippen LogP contribution in [0.4, 0.5) is 21.7 Å². The van der Waals surface area contributed by atoms with Crippen molar-refractivity contribution in [2.45, 2.75) is 26.3 Å². The summed E-state index contributed by atoms with van der Waals surface area (Å²) in [6, 6.07) is 6.88. The fourth-order valence-electron chi connectivity index (χ4n) is 2.74. The molecular formula is C19H23ClFN5O2. The Morgan fingerprint density at radius 3 is 2.36 bits per heavy atom. The van der Waals surface area contributed by atoms with E-state index in [2.05, 4.69) is 10.3 Å². The topological polar surface area (TPSA) is 114 Å². The van der Waals surface area contributed by atoms with Gasteiger partial charge in [-0.25, -0.2) is 9.37 Å². The molecule has 9 heteroatoms. The van der Waals surface area contributed by atoms with Crippen LogP contribution in [-0.2, 0) is 4.79 Å². The predicted molar refractivity (Wildman–Crippen MR) is 108 cm³/mol. The Balaban J connectivity index is 2.48. The van der Waals surface area contributed by atoms with Gasteiger partial charge in [0, 0.05) is 17.8 Å². The van der Waals surface area contributed by atoms with Gasteiger partial charge in [-0.15, -0.1) is 0 Å². The van der Waals surface area contributed by atoms with Crippen molar-refractivity contribution in [3.05, 3.63) is 46.7 Å². The zero-order valence-electron chi connectivity index (χ0n) is 15.9. The molecule has 2 rings (SSSR count). The first-order valence-corrected chi connectivity index (χ1v) is 9.03. The number of nitrogens with two attached hydrogens (primary N) is 2. The number of halogens is 2. The summed E-state index contributed by atoms with van der Waals surface area (Å²) in [7, 11) is 1.53. The van der Waals surface area contributed by atoms with E-state index in [1.165, 1.54) is 11.9 Å². The quantitative estimate of drug-likeness (QED) is 0.622. The second-order valence-electron chi connectivity index (χ2n) is 6.84. The van der Waals surface area contributed by atoms with Crippen LogP contribution in [0, 0.1) is 11.7 Å². The number of pyridine rings is 1. The summed E-state index contributed by atoms with van der Waals surface area (Å²) < 4.78 is 14.7. The molecule has 2 aromatic rings. The predicted octanol–water partition coefficient (Wildman–Crippen LogP) is 3.05. The van der Waals surface area contributed by atoms with Crippen LogP contribution in [0.1, 0.15) is 30.6 Å². The lowest BCUT2D eigenvalue weighted by atomic mass is 10.0. The highest BCUT2D eigenvalue weighted by Crippen LogP contribution is 2.28. The molecule has 0 saturated heterocycles. The highest BCUT2D eigenvalue weighted by molar-refractivity contribution is 6.30. The molecule has 1 heterocycles. The lowest BCUT2D eigenvalue weighted by molar-refractivity contribution is -0.119. The van der Waals surface area contributed by atoms with Crippen molar-refractivity contribution in [2.24, 2.45) is 17.4 Å². The molecule has 7 nitrogen and oxygen atoms in total. The summed E-state index contributed by atoms with van der Waals surface area (Å²) in [6.07, 6.45) is 0.421. The number of benzene rings is 1. The zero-order valence-corrected chi connectivity index (χ0v) is 16.6. The summed E-state index contributed by atoms with van der Waals surface area (Å²) in [5.41, 5.74) is 11.3. The maximum absolute atomic E-state index is 14.7. The molecule has 150 valence electrons. The van der Waals surface area contributed by atoms with Crippen molar-refractivity contribution in [1.82, 2.24) is 4.98 Å². The molecule has 0 fully saturated rings. The molecule has 1 aromatic carbocycles. The van der Waals surface area contributed by atoms with Crippen LogP contribution in [0.15, 0.2) is 30.3 Å². The number of likely N-dealkylation sites (N-methyl/N-ethyl adjacent to an activating group) is 1. The zero-order chi connectivity index (χ0) is 21.0. The molecule has 0 aliphatic carbocycles. The Hall–Kier alpha value is -2.87. The fraction of sp³-hybridized carbons (Fsp3) is 0.316. The van der Waals surface area contributed by atoms with Crippen molar-refractivity contribution < 1.29 is 14.0 Å². The summed E-state index contributed by atoms with van der Waals surface area (Å²) in [4.78, 5) is 29.2. The van der Waals surface area contributed by atoms with Gasteiger partial charge >= 0.3 is 0 Å². The third-order valence-electron chi connectivity index (χ3n) is 4.15. The van der Waals surface area contributed by atoms with Crippen LogP contribution in [0.5, 0.6) is 0 Å². The van der Waals surface area contributed by atoms with Gasteiger partial charge in [0.15, 0.2) is 11.6 Å². The molecule has 1 unspecified atom stereocenters. The number of nitrogens with zero attached hydrogens (tertiary/aromatic N) is 2. The maximum Gasteiger partial charge on any atom is 0.252 e. The van der Waals surface area contributed by atoms with Crippen LogP contribution in [0.25, 0.3) is 0 Å². The van der Waals surface area contributed by atoms with Crippen molar-refractivity contribution in [1.29, 1.82) is 0 Å². The number of rotatable bonds is 8. The molecule has 0 saturated carbocycles. The molecule has 0 spiro atoms. The highest BCUT2D eigenvalue weighted by Gasteiger charge is 2.27. The summed E-state index contributed by atoms with van der Waals surface area (Å²) in [6.45, 7) is 3.86. The molecule has 28 heavy (non-hydrogen) atoms. The normalized spacial score (nSPS) is 11.9. The molecule has 0 bridgehead atoms. The second kappa shape index (κ2) is 8.88. The summed E-state index contributed by atoms with van der Waals surface area (Å²) >= 11 is 5.87. The third kappa shape index (κ3) is 5.10. The van der Waals surface area contributed by atoms with Gasteiger partial charge in [-0.1, -0.05) is 25.4 Å². The van der Waals surface area contributed by atoms with E-state index in [1.807, 2.05) is 13.8 Å². The van der Waals surface area contributed by atoms with E-state index in [4.69, 9.17) is 23.1 Å². The molecule has 5 N–H and O–H groups in total. The monoisotopic (exact) mass is 407 g/mol. The first-order valence-electron chi connectivity index (χ1n) is 8.65. The maximum atomic E-state index is 14.7. The second-order valence-corrected chi connectivity index (χ2v) is 7.28. The Labute approximate surface area is 167 Å². The Kier molecular flexibility index (Phi) is 6.80. The minimum Gasteiger partial charge on any atom is -0.368 e. The SMILES string of the molecule is CC(C)CC(C(N)=O)N(C)c1nc(Nc2ccc(Cl)cc2)c(C(N)=O)cc1F. The van der Waals surface area contributed by atoms with E-state index < -0.39 is 23.7 Å². The number of nitrogens with one attached hydrogen (secondary N) is 1. The summed E-state index contributed by atoms with van der Waals surface area (Å²) in [5, 5.41) is 3.47. The van der Waals surface area contributed by atoms with Gasteiger partial charge in [0.1, 0.15) is 11.9 Å². The van der Waals surface area contributed by atoms with Gasteiger partial charge < -0.3 is 21.7 Å². The molecule has 0 aliphatic heterocycles. The van der Waals surface area contributed by atoms with Crippen LogP contribution < -0.4 is 21.7 Å². The van der Waals surface area contributed by atoms with Crippen LogP contribution in [-0.4, -0.2) is 29.9 Å². The van der Waals surface area contributed by atoms with Gasteiger partial charge in [0.2, 0.25) is 5.91 Å². The van der Waals surface area contributed by atoms with Crippen LogP contribution >= 0.6 is 11.6 Å². The lowest BCUT2D eigenvalue weighted by Gasteiger charge is -2.28. The first kappa shape index (κ1) is 21.4. The third-order valence-corrected chi connectivity index (χ3v) is 4.41. The van der Waals surface area contributed by atoms with Crippen molar-refractivity contribution in [2.75, 3.05) is 17.3 Å². The molecule has 1 atom stereocenters. The van der Waals surface area contributed by atoms with E-state index in [0.717, 1.165) is 6.07 Å². The molecule has 2 amide bonds. The van der Waals surface area contributed by atoms with E-state index in [1.54, 1.807) is 24.3 Å². The standard InChI is InChI=1S/C19H23ClFN5O2/c1-10(2)8-15(17(23)28)26(3)19-14(21)9-13(16(22)27)18(25-19)24-12-6-4-11(20)5-7-12/h4-7,9-10,15H,8H2,1-3H3,(H2,22,27)(H2,23,28)(H,24,25). The van der Waals surface area contributed by atoms with Gasteiger partial charge in [-0.2, -0.15) is 0 Å². The Bertz CT molecular complexity index is 873. The van der Waals surface area contributed by atoms with Crippen molar-refractivity contribution in [3.8, 4) is 0 Å². The number of hydrogen-bond acceptors (Lipinski definition) is 5. The number of primary amides is 2.